The molecule has 0 amide bonds. The summed E-state index contributed by atoms with van der Waals surface area (Å²) in [6.07, 6.45) is 10.9. The predicted octanol–water partition coefficient (Wildman–Crippen LogP) is 7.44. The first-order chi connectivity index (χ1) is 21.2. The molecule has 0 saturated carbocycles. The lowest BCUT2D eigenvalue weighted by Gasteiger charge is -2.38. The molecule has 0 radical (unpaired) electrons. The number of nitrogens with zero attached hydrogens (tertiary/aromatic N) is 4. The van der Waals surface area contributed by atoms with E-state index >= 15 is 0 Å². The van der Waals surface area contributed by atoms with Crippen molar-refractivity contribution in [1.82, 2.24) is 9.80 Å². The van der Waals surface area contributed by atoms with E-state index in [1.807, 2.05) is 20.0 Å². The topological polar surface area (TPSA) is 43.3 Å². The van der Waals surface area contributed by atoms with E-state index in [1.165, 1.54) is 28.1 Å². The summed E-state index contributed by atoms with van der Waals surface area (Å²) in [4.78, 5) is 12.7. The number of rotatable bonds is 6. The van der Waals surface area contributed by atoms with Crippen LogP contribution in [0.5, 0.6) is 0 Å². The number of nitrogens with one attached hydrogen (secondary N) is 1. The molecule has 1 saturated heterocycles. The molecule has 0 aromatic heterocycles. The van der Waals surface area contributed by atoms with Gasteiger partial charge in [0.05, 0.1) is 0 Å². The molecule has 7 rings (SSSR count). The number of hydrogen-bond donors (Lipinski definition) is 1. The number of ether oxygens (including phenoxy) is 1. The van der Waals surface area contributed by atoms with Crippen molar-refractivity contribution in [1.29, 1.82) is 0 Å². The Balaban J connectivity index is 0.00000161. The fourth-order valence-electron chi connectivity index (χ4n) is 7.12. The van der Waals surface area contributed by atoms with Crippen LogP contribution in [0.3, 0.4) is 0 Å². The van der Waals surface area contributed by atoms with Crippen molar-refractivity contribution in [3.8, 4) is 0 Å². The van der Waals surface area contributed by atoms with Crippen molar-refractivity contribution in [2.24, 2.45) is 10.9 Å². The third-order valence-corrected chi connectivity index (χ3v) is 9.94. The zero-order valence-corrected chi connectivity index (χ0v) is 27.4. The molecule has 2 unspecified atom stereocenters. The Morgan fingerprint density at radius 2 is 1.79 bits per heavy atom. The van der Waals surface area contributed by atoms with E-state index in [0.29, 0.717) is 18.6 Å². The van der Waals surface area contributed by atoms with Crippen LogP contribution in [-0.4, -0.2) is 74.6 Å². The van der Waals surface area contributed by atoms with Crippen LogP contribution in [0.4, 0.5) is 11.4 Å². The zero-order valence-electron chi connectivity index (χ0n) is 25.8. The number of hydrogen-bond acceptors (Lipinski definition) is 6. The fraction of sp³-hybridized carbons (Fsp3) is 0.472. The average Bonchev–Trinajstić information content (AvgIpc) is 3.22. The summed E-state index contributed by atoms with van der Waals surface area (Å²) >= 11 is 3.56. The van der Waals surface area contributed by atoms with Gasteiger partial charge in [0, 0.05) is 80.3 Å². The molecule has 7 heteroatoms. The van der Waals surface area contributed by atoms with Crippen LogP contribution >= 0.6 is 15.9 Å². The number of halogens is 1. The van der Waals surface area contributed by atoms with Gasteiger partial charge in [0.15, 0.2) is 0 Å². The summed E-state index contributed by atoms with van der Waals surface area (Å²) in [6.45, 7) is 13.2. The summed E-state index contributed by atoms with van der Waals surface area (Å²) in [5, 5.41) is 3.58. The Morgan fingerprint density at radius 3 is 2.63 bits per heavy atom. The number of aliphatic imine (C=N–C) groups is 1. The molecule has 2 atom stereocenters. The van der Waals surface area contributed by atoms with Crippen molar-refractivity contribution < 1.29 is 4.74 Å². The van der Waals surface area contributed by atoms with Gasteiger partial charge in [0.25, 0.3) is 0 Å². The van der Waals surface area contributed by atoms with Crippen LogP contribution in [0.2, 0.25) is 0 Å². The van der Waals surface area contributed by atoms with Crippen LogP contribution < -0.4 is 10.2 Å². The molecule has 5 aliphatic rings. The smallest absolute Gasteiger partial charge is 0.147 e. The van der Waals surface area contributed by atoms with E-state index in [0.717, 1.165) is 94.0 Å². The lowest BCUT2D eigenvalue weighted by Crippen LogP contribution is -2.48. The Hall–Kier alpha value is -2.87. The first-order valence-electron chi connectivity index (χ1n) is 16.3. The zero-order chi connectivity index (χ0) is 29.6. The molecule has 1 N–H and O–H groups in total. The minimum Gasteiger partial charge on any atom is -0.476 e. The lowest BCUT2D eigenvalue weighted by molar-refractivity contribution is 0.0636. The van der Waals surface area contributed by atoms with Crippen molar-refractivity contribution in [3.05, 3.63) is 93.8 Å². The van der Waals surface area contributed by atoms with E-state index in [4.69, 9.17) is 9.73 Å². The molecule has 0 spiro atoms. The monoisotopic (exact) mass is 643 g/mol. The van der Waals surface area contributed by atoms with Gasteiger partial charge in [0.2, 0.25) is 0 Å². The molecule has 4 aliphatic heterocycles. The van der Waals surface area contributed by atoms with Crippen molar-refractivity contribution in [2.75, 3.05) is 69.3 Å². The van der Waals surface area contributed by atoms with E-state index in [1.54, 1.807) is 0 Å². The van der Waals surface area contributed by atoms with Gasteiger partial charge in [-0.25, -0.2) is 0 Å². The highest BCUT2D eigenvalue weighted by Crippen LogP contribution is 2.37. The standard InChI is InChI=1S/C34H40BrN5O.C2H6/c35-28-10-12-29(13-11-28)40-19-17-38(18-20-40)22-26-8-9-27-23-39(16-14-25-21-37-32-7-2-1-5-30(25)32)24-41-34(27)33-31(26)6-3-4-15-36-33;1-2/h1-2,4-7,10-13,15,25-26,37H,3,8-9,14,16-24H2;1-2H3. The van der Waals surface area contributed by atoms with Gasteiger partial charge >= 0.3 is 0 Å². The number of fused-ring (bicyclic) bond motifs is 3. The second-order valence-corrected chi connectivity index (χ2v) is 12.9. The molecule has 1 fully saturated rings. The summed E-state index contributed by atoms with van der Waals surface area (Å²) in [5.74, 6) is 2.13. The number of piperazine rings is 1. The highest BCUT2D eigenvalue weighted by atomic mass is 79.9. The van der Waals surface area contributed by atoms with Crippen molar-refractivity contribution in [2.45, 2.75) is 45.4 Å². The number of anilines is 2. The normalized spacial score (nSPS) is 23.7. The second kappa shape index (κ2) is 14.3. The molecule has 0 bridgehead atoms. The fourth-order valence-corrected chi connectivity index (χ4v) is 7.38. The third kappa shape index (κ3) is 6.95. The quantitative estimate of drug-likeness (QED) is 0.354. The Labute approximate surface area is 266 Å². The summed E-state index contributed by atoms with van der Waals surface area (Å²) in [7, 11) is 0. The summed E-state index contributed by atoms with van der Waals surface area (Å²) in [5.41, 5.74) is 8.02. The number of benzene rings is 2. The summed E-state index contributed by atoms with van der Waals surface area (Å²) < 4.78 is 7.69. The molecule has 43 heavy (non-hydrogen) atoms. The largest absolute Gasteiger partial charge is 0.476 e. The van der Waals surface area contributed by atoms with Crippen LogP contribution in [-0.2, 0) is 4.74 Å². The van der Waals surface area contributed by atoms with Crippen molar-refractivity contribution >= 4 is 33.0 Å². The van der Waals surface area contributed by atoms with Gasteiger partial charge in [-0.3, -0.25) is 14.8 Å². The third-order valence-electron chi connectivity index (χ3n) is 9.41. The maximum Gasteiger partial charge on any atom is 0.147 e. The Bertz CT molecular complexity index is 1370. The molecule has 1 aliphatic carbocycles. The molecule has 4 heterocycles. The SMILES string of the molecule is Brc1ccc(N2CCN(CC3CCC4=C(OCN(CCC5CNc6ccccc65)C4)C4=NC=CCC=C43)CC2)cc1.CC. The first kappa shape index (κ1) is 30.2. The van der Waals surface area contributed by atoms with Gasteiger partial charge in [-0.1, -0.05) is 60.1 Å². The highest BCUT2D eigenvalue weighted by molar-refractivity contribution is 9.10. The van der Waals surface area contributed by atoms with Gasteiger partial charge in [-0.2, -0.15) is 0 Å². The highest BCUT2D eigenvalue weighted by Gasteiger charge is 2.34. The van der Waals surface area contributed by atoms with Crippen LogP contribution in [0.1, 0.15) is 51.0 Å². The Morgan fingerprint density at radius 1 is 0.977 bits per heavy atom. The average molecular weight is 645 g/mol. The molecule has 228 valence electrons. The second-order valence-electron chi connectivity index (χ2n) is 12.0. The number of allylic oxidation sites excluding steroid dienone is 3. The van der Waals surface area contributed by atoms with E-state index in [-0.39, 0.29) is 0 Å². The molecular weight excluding hydrogens is 598 g/mol. The molecular formula is C36H46BrN5O. The van der Waals surface area contributed by atoms with Gasteiger partial charge in [0.1, 0.15) is 18.2 Å². The molecule has 6 nitrogen and oxygen atoms in total. The van der Waals surface area contributed by atoms with Gasteiger partial charge < -0.3 is 15.0 Å². The van der Waals surface area contributed by atoms with Crippen LogP contribution in [0.15, 0.2) is 93.3 Å². The van der Waals surface area contributed by atoms with Crippen molar-refractivity contribution in [3.63, 3.8) is 0 Å². The van der Waals surface area contributed by atoms with Crippen LogP contribution in [0.25, 0.3) is 0 Å². The van der Waals surface area contributed by atoms with E-state index in [9.17, 15) is 0 Å². The first-order valence-corrected chi connectivity index (χ1v) is 17.1. The van der Waals surface area contributed by atoms with Crippen LogP contribution in [0, 0.1) is 5.92 Å². The minimum atomic E-state index is 0.483. The molecule has 2 aromatic rings. The Kier molecular flexibility index (Phi) is 10.0. The predicted molar refractivity (Wildman–Crippen MR) is 183 cm³/mol. The summed E-state index contributed by atoms with van der Waals surface area (Å²) in [6, 6.07) is 17.5. The van der Waals surface area contributed by atoms with E-state index in [2.05, 4.69) is 96.6 Å². The lowest BCUT2D eigenvalue weighted by atomic mass is 9.90. The molecule has 2 aromatic carbocycles. The minimum absolute atomic E-state index is 0.483. The van der Waals surface area contributed by atoms with E-state index < -0.39 is 0 Å². The maximum absolute atomic E-state index is 6.55. The van der Waals surface area contributed by atoms with Gasteiger partial charge in [-0.05, 0) is 78.6 Å². The number of para-hydroxylation sites is 1. The van der Waals surface area contributed by atoms with Gasteiger partial charge in [-0.15, -0.1) is 0 Å². The maximum atomic E-state index is 6.55.